The third-order valence-corrected chi connectivity index (χ3v) is 3.99. The maximum absolute atomic E-state index is 9.33. The second-order valence-corrected chi connectivity index (χ2v) is 5.52. The summed E-state index contributed by atoms with van der Waals surface area (Å²) in [5.41, 5.74) is 3.60. The summed E-state index contributed by atoms with van der Waals surface area (Å²) in [6.07, 6.45) is 7.50. The highest BCUT2D eigenvalue weighted by Gasteiger charge is 2.10. The number of piperidine rings is 1. The first-order valence-electron chi connectivity index (χ1n) is 7.75. The molecule has 0 spiro atoms. The van der Waals surface area contributed by atoms with E-state index < -0.39 is 0 Å². The molecule has 3 rings (SSSR count). The molecule has 1 aliphatic rings. The molecular formula is C19H19N3. The SMILES string of the molecule is N#C/C(=C\c1ccc(N2CCCCC2)cc1)c1ccccn1. The molecule has 0 radical (unpaired) electrons. The van der Waals surface area contributed by atoms with Crippen LogP contribution in [0.25, 0.3) is 11.6 Å². The van der Waals surface area contributed by atoms with Gasteiger partial charge < -0.3 is 4.90 Å². The third-order valence-electron chi connectivity index (χ3n) is 3.99. The molecule has 0 unspecified atom stereocenters. The molecule has 1 aromatic carbocycles. The van der Waals surface area contributed by atoms with Crippen molar-refractivity contribution in [2.24, 2.45) is 0 Å². The largest absolute Gasteiger partial charge is 0.372 e. The molecule has 2 aromatic rings. The Balaban J connectivity index is 1.80. The number of nitrogens with zero attached hydrogens (tertiary/aromatic N) is 3. The number of aromatic nitrogens is 1. The van der Waals surface area contributed by atoms with Crippen molar-refractivity contribution in [1.29, 1.82) is 5.26 Å². The van der Waals surface area contributed by atoms with Crippen LogP contribution in [0.3, 0.4) is 0 Å². The van der Waals surface area contributed by atoms with Gasteiger partial charge in [0.05, 0.1) is 11.3 Å². The number of allylic oxidation sites excluding steroid dienone is 1. The summed E-state index contributed by atoms with van der Waals surface area (Å²) in [5.74, 6) is 0. The molecule has 0 bridgehead atoms. The average molecular weight is 289 g/mol. The van der Waals surface area contributed by atoms with Gasteiger partial charge in [-0.15, -0.1) is 0 Å². The Morgan fingerprint density at radius 2 is 1.82 bits per heavy atom. The van der Waals surface area contributed by atoms with Gasteiger partial charge in [-0.1, -0.05) is 18.2 Å². The van der Waals surface area contributed by atoms with E-state index in [-0.39, 0.29) is 0 Å². The Bertz CT molecular complexity index is 675. The lowest BCUT2D eigenvalue weighted by molar-refractivity contribution is 0.578. The fraction of sp³-hybridized carbons (Fsp3) is 0.263. The maximum atomic E-state index is 9.33. The van der Waals surface area contributed by atoms with Gasteiger partial charge in [-0.05, 0) is 55.2 Å². The van der Waals surface area contributed by atoms with Crippen molar-refractivity contribution >= 4 is 17.3 Å². The van der Waals surface area contributed by atoms with Gasteiger partial charge in [0.25, 0.3) is 0 Å². The molecule has 0 amide bonds. The molecular weight excluding hydrogens is 270 g/mol. The van der Waals surface area contributed by atoms with Gasteiger partial charge in [0.2, 0.25) is 0 Å². The first-order chi connectivity index (χ1) is 10.9. The zero-order valence-electron chi connectivity index (χ0n) is 12.6. The smallest absolute Gasteiger partial charge is 0.101 e. The van der Waals surface area contributed by atoms with Gasteiger partial charge in [-0.2, -0.15) is 5.26 Å². The van der Waals surface area contributed by atoms with E-state index in [9.17, 15) is 5.26 Å². The molecule has 1 fully saturated rings. The second kappa shape index (κ2) is 6.91. The second-order valence-electron chi connectivity index (χ2n) is 5.52. The van der Waals surface area contributed by atoms with Crippen molar-refractivity contribution in [1.82, 2.24) is 4.98 Å². The fourth-order valence-corrected chi connectivity index (χ4v) is 2.79. The van der Waals surface area contributed by atoms with Crippen molar-refractivity contribution in [2.75, 3.05) is 18.0 Å². The summed E-state index contributed by atoms with van der Waals surface area (Å²) in [7, 11) is 0. The average Bonchev–Trinajstić information content (AvgIpc) is 2.62. The van der Waals surface area contributed by atoms with Gasteiger partial charge in [0.15, 0.2) is 0 Å². The molecule has 22 heavy (non-hydrogen) atoms. The third kappa shape index (κ3) is 3.35. The van der Waals surface area contributed by atoms with Crippen molar-refractivity contribution in [2.45, 2.75) is 19.3 Å². The quantitative estimate of drug-likeness (QED) is 0.797. The topological polar surface area (TPSA) is 39.9 Å². The zero-order chi connectivity index (χ0) is 15.2. The number of hydrogen-bond acceptors (Lipinski definition) is 3. The fourth-order valence-electron chi connectivity index (χ4n) is 2.79. The van der Waals surface area contributed by atoms with Crippen molar-refractivity contribution in [3.8, 4) is 6.07 Å². The van der Waals surface area contributed by atoms with E-state index in [0.29, 0.717) is 11.3 Å². The summed E-state index contributed by atoms with van der Waals surface area (Å²) in [4.78, 5) is 6.67. The van der Waals surface area contributed by atoms with Gasteiger partial charge in [-0.3, -0.25) is 4.98 Å². The standard InChI is InChI=1S/C19H19N3/c20-15-17(19-6-2-3-11-21-19)14-16-7-9-18(10-8-16)22-12-4-1-5-13-22/h2-3,6-11,14H,1,4-5,12-13H2/b17-14+. The van der Waals surface area contributed by atoms with E-state index >= 15 is 0 Å². The van der Waals surface area contributed by atoms with Crippen LogP contribution < -0.4 is 4.90 Å². The minimum absolute atomic E-state index is 0.589. The summed E-state index contributed by atoms with van der Waals surface area (Å²) in [6.45, 7) is 2.29. The number of benzene rings is 1. The van der Waals surface area contributed by atoms with Crippen LogP contribution in [0.4, 0.5) is 5.69 Å². The Labute approximate surface area is 131 Å². The Morgan fingerprint density at radius 1 is 1.05 bits per heavy atom. The van der Waals surface area contributed by atoms with Crippen LogP contribution in [0, 0.1) is 11.3 Å². The molecule has 1 aromatic heterocycles. The minimum atomic E-state index is 0.589. The highest BCUT2D eigenvalue weighted by atomic mass is 15.1. The number of pyridine rings is 1. The number of hydrogen-bond donors (Lipinski definition) is 0. The lowest BCUT2D eigenvalue weighted by atomic mass is 10.1. The van der Waals surface area contributed by atoms with E-state index in [4.69, 9.17) is 0 Å². The summed E-state index contributed by atoms with van der Waals surface area (Å²) in [6, 6.07) is 16.3. The molecule has 3 nitrogen and oxygen atoms in total. The normalized spacial score (nSPS) is 15.4. The maximum Gasteiger partial charge on any atom is 0.101 e. The van der Waals surface area contributed by atoms with E-state index in [2.05, 4.69) is 40.2 Å². The number of anilines is 1. The zero-order valence-corrected chi connectivity index (χ0v) is 12.6. The van der Waals surface area contributed by atoms with E-state index in [1.165, 1.54) is 24.9 Å². The van der Waals surface area contributed by atoms with Gasteiger partial charge in [-0.25, -0.2) is 0 Å². The first-order valence-corrected chi connectivity index (χ1v) is 7.75. The molecule has 0 atom stereocenters. The summed E-state index contributed by atoms with van der Waals surface area (Å²) < 4.78 is 0. The highest BCUT2D eigenvalue weighted by Crippen LogP contribution is 2.22. The van der Waals surface area contributed by atoms with Gasteiger partial charge in [0.1, 0.15) is 6.07 Å². The van der Waals surface area contributed by atoms with Crippen LogP contribution in [0.1, 0.15) is 30.5 Å². The van der Waals surface area contributed by atoms with Crippen LogP contribution in [0.15, 0.2) is 48.7 Å². The van der Waals surface area contributed by atoms with Gasteiger partial charge in [0, 0.05) is 25.0 Å². The van der Waals surface area contributed by atoms with E-state index in [1.54, 1.807) is 6.20 Å². The monoisotopic (exact) mass is 289 g/mol. The lowest BCUT2D eigenvalue weighted by Gasteiger charge is -2.28. The highest BCUT2D eigenvalue weighted by molar-refractivity contribution is 5.88. The van der Waals surface area contributed by atoms with Crippen molar-refractivity contribution < 1.29 is 0 Å². The summed E-state index contributed by atoms with van der Waals surface area (Å²) >= 11 is 0. The predicted octanol–water partition coefficient (Wildman–Crippen LogP) is 4.14. The van der Waals surface area contributed by atoms with E-state index in [1.807, 2.05) is 24.3 Å². The van der Waals surface area contributed by atoms with Crippen LogP contribution in [-0.2, 0) is 0 Å². The lowest BCUT2D eigenvalue weighted by Crippen LogP contribution is -2.29. The molecule has 2 heterocycles. The molecule has 3 heteroatoms. The van der Waals surface area contributed by atoms with Gasteiger partial charge >= 0.3 is 0 Å². The van der Waals surface area contributed by atoms with Crippen LogP contribution in [-0.4, -0.2) is 18.1 Å². The van der Waals surface area contributed by atoms with Crippen LogP contribution in [0.5, 0.6) is 0 Å². The number of nitriles is 1. The molecule has 1 aliphatic heterocycles. The molecule has 0 saturated carbocycles. The Morgan fingerprint density at radius 3 is 2.45 bits per heavy atom. The van der Waals surface area contributed by atoms with Crippen LogP contribution >= 0.6 is 0 Å². The summed E-state index contributed by atoms with van der Waals surface area (Å²) in [5, 5.41) is 9.33. The Kier molecular flexibility index (Phi) is 4.50. The molecule has 0 aliphatic carbocycles. The minimum Gasteiger partial charge on any atom is -0.372 e. The predicted molar refractivity (Wildman–Crippen MR) is 90.2 cm³/mol. The molecule has 1 saturated heterocycles. The first kappa shape index (κ1) is 14.3. The van der Waals surface area contributed by atoms with Crippen molar-refractivity contribution in [3.05, 3.63) is 59.9 Å². The van der Waals surface area contributed by atoms with Crippen LogP contribution in [0.2, 0.25) is 0 Å². The molecule has 110 valence electrons. The van der Waals surface area contributed by atoms with E-state index in [0.717, 1.165) is 18.7 Å². The van der Waals surface area contributed by atoms with Crippen molar-refractivity contribution in [3.63, 3.8) is 0 Å². The molecule has 0 N–H and O–H groups in total. The number of rotatable bonds is 3. The Hall–Kier alpha value is -2.60.